The molecule has 1 heterocycles. The number of hydrogen-bond acceptors (Lipinski definition) is 1. The maximum Gasteiger partial charge on any atom is 0.417 e. The van der Waals surface area contributed by atoms with E-state index in [0.29, 0.717) is 35.6 Å². The van der Waals surface area contributed by atoms with Crippen LogP contribution < -0.4 is 5.56 Å². The number of aromatic nitrogens is 1. The number of alkyl halides is 3. The zero-order valence-electron chi connectivity index (χ0n) is 16.0. The molecule has 0 radical (unpaired) electrons. The first-order valence-corrected chi connectivity index (χ1v) is 9.36. The van der Waals surface area contributed by atoms with Gasteiger partial charge in [-0.1, -0.05) is 31.2 Å². The standard InChI is InChI=1S/C23H19F4NO/c1-13-3-9-17-21(13)19(24)11-18(23(25,26)27)22(17)15-6-4-14(5-7-15)16-8-10-20(29)28(2)12-16/h4-8,10-13H,3,9H2,1-2H3/t13-/m1/s1. The van der Waals surface area contributed by atoms with Gasteiger partial charge in [0.2, 0.25) is 5.56 Å². The molecule has 0 spiro atoms. The Bertz CT molecular complexity index is 1140. The Kier molecular flexibility index (Phi) is 4.60. The Morgan fingerprint density at radius 2 is 1.62 bits per heavy atom. The highest BCUT2D eigenvalue weighted by Crippen LogP contribution is 2.47. The van der Waals surface area contributed by atoms with Gasteiger partial charge in [-0.15, -0.1) is 0 Å². The normalized spacial score (nSPS) is 16.1. The summed E-state index contributed by atoms with van der Waals surface area (Å²) in [4.78, 5) is 11.6. The molecule has 0 unspecified atom stereocenters. The van der Waals surface area contributed by atoms with Gasteiger partial charge in [0, 0.05) is 19.3 Å². The van der Waals surface area contributed by atoms with Crippen LogP contribution in [0.3, 0.4) is 0 Å². The van der Waals surface area contributed by atoms with Crippen molar-refractivity contribution in [1.29, 1.82) is 0 Å². The first-order chi connectivity index (χ1) is 13.7. The maximum atomic E-state index is 14.5. The van der Waals surface area contributed by atoms with Crippen LogP contribution in [0.15, 0.2) is 53.5 Å². The topological polar surface area (TPSA) is 22.0 Å². The molecule has 0 saturated heterocycles. The molecule has 1 aliphatic rings. The fourth-order valence-corrected chi connectivity index (χ4v) is 4.16. The van der Waals surface area contributed by atoms with Crippen LogP contribution in [-0.4, -0.2) is 4.57 Å². The van der Waals surface area contributed by atoms with Crippen molar-refractivity contribution in [2.75, 3.05) is 0 Å². The molecule has 2 nitrogen and oxygen atoms in total. The molecule has 1 atom stereocenters. The highest BCUT2D eigenvalue weighted by molar-refractivity contribution is 5.77. The number of pyridine rings is 1. The molecule has 1 aliphatic carbocycles. The summed E-state index contributed by atoms with van der Waals surface area (Å²) in [7, 11) is 1.64. The summed E-state index contributed by atoms with van der Waals surface area (Å²) < 4.78 is 57.0. The van der Waals surface area contributed by atoms with E-state index in [1.165, 1.54) is 10.6 Å². The van der Waals surface area contributed by atoms with Gasteiger partial charge < -0.3 is 4.57 Å². The molecule has 2 aromatic carbocycles. The quantitative estimate of drug-likeness (QED) is 0.488. The van der Waals surface area contributed by atoms with Crippen LogP contribution in [-0.2, 0) is 19.6 Å². The summed E-state index contributed by atoms with van der Waals surface area (Å²) >= 11 is 0. The van der Waals surface area contributed by atoms with Crippen LogP contribution in [0.4, 0.5) is 17.6 Å². The molecule has 1 aromatic heterocycles. The number of nitrogens with zero attached hydrogens (tertiary/aromatic N) is 1. The van der Waals surface area contributed by atoms with Crippen molar-refractivity contribution in [2.45, 2.75) is 31.9 Å². The van der Waals surface area contributed by atoms with E-state index < -0.39 is 17.6 Å². The van der Waals surface area contributed by atoms with Crippen molar-refractivity contribution in [2.24, 2.45) is 7.05 Å². The van der Waals surface area contributed by atoms with E-state index in [1.807, 2.05) is 6.92 Å². The van der Waals surface area contributed by atoms with Gasteiger partial charge in [0.1, 0.15) is 5.82 Å². The van der Waals surface area contributed by atoms with Gasteiger partial charge in [-0.3, -0.25) is 4.79 Å². The molecule has 3 aromatic rings. The monoisotopic (exact) mass is 401 g/mol. The Morgan fingerprint density at radius 1 is 1.00 bits per heavy atom. The minimum atomic E-state index is -4.65. The summed E-state index contributed by atoms with van der Waals surface area (Å²) in [5.41, 5.74) is 1.84. The fourth-order valence-electron chi connectivity index (χ4n) is 4.16. The molecule has 150 valence electrons. The minimum Gasteiger partial charge on any atom is -0.318 e. The van der Waals surface area contributed by atoms with E-state index in [-0.39, 0.29) is 17.0 Å². The van der Waals surface area contributed by atoms with Crippen molar-refractivity contribution in [3.63, 3.8) is 0 Å². The number of rotatable bonds is 2. The molecule has 0 saturated carbocycles. The molecule has 6 heteroatoms. The van der Waals surface area contributed by atoms with Gasteiger partial charge >= 0.3 is 6.18 Å². The summed E-state index contributed by atoms with van der Waals surface area (Å²) in [6.45, 7) is 1.84. The fraction of sp³-hybridized carbons (Fsp3) is 0.261. The third-order valence-electron chi connectivity index (χ3n) is 5.64. The Balaban J connectivity index is 1.86. The van der Waals surface area contributed by atoms with Crippen LogP contribution >= 0.6 is 0 Å². The summed E-state index contributed by atoms with van der Waals surface area (Å²) in [6.07, 6.45) is -1.91. The predicted octanol–water partition coefficient (Wildman–Crippen LogP) is 5.93. The zero-order chi connectivity index (χ0) is 20.9. The lowest BCUT2D eigenvalue weighted by atomic mass is 9.89. The Morgan fingerprint density at radius 3 is 2.24 bits per heavy atom. The highest BCUT2D eigenvalue weighted by Gasteiger charge is 2.38. The predicted molar refractivity (Wildman–Crippen MR) is 104 cm³/mol. The van der Waals surface area contributed by atoms with Crippen LogP contribution in [0, 0.1) is 5.82 Å². The second-order valence-corrected chi connectivity index (χ2v) is 7.55. The molecule has 0 fully saturated rings. The van der Waals surface area contributed by atoms with Gasteiger partial charge in [-0.2, -0.15) is 13.2 Å². The van der Waals surface area contributed by atoms with Crippen molar-refractivity contribution in [3.8, 4) is 22.3 Å². The molecule has 4 rings (SSSR count). The molecular formula is C23H19F4NO. The van der Waals surface area contributed by atoms with Crippen molar-refractivity contribution >= 4 is 0 Å². The van der Waals surface area contributed by atoms with Crippen molar-refractivity contribution in [3.05, 3.63) is 81.5 Å². The first kappa shape index (κ1) is 19.4. The van der Waals surface area contributed by atoms with Gasteiger partial charge in [-0.25, -0.2) is 4.39 Å². The van der Waals surface area contributed by atoms with E-state index in [9.17, 15) is 22.4 Å². The lowest BCUT2D eigenvalue weighted by Crippen LogP contribution is -2.13. The third-order valence-corrected chi connectivity index (χ3v) is 5.64. The zero-order valence-corrected chi connectivity index (χ0v) is 16.0. The third kappa shape index (κ3) is 3.37. The summed E-state index contributed by atoms with van der Waals surface area (Å²) in [6, 6.07) is 10.5. The average molecular weight is 401 g/mol. The number of benzene rings is 2. The van der Waals surface area contributed by atoms with E-state index in [1.54, 1.807) is 43.6 Å². The van der Waals surface area contributed by atoms with E-state index in [0.717, 1.165) is 11.1 Å². The summed E-state index contributed by atoms with van der Waals surface area (Å²) in [5, 5.41) is 0. The lowest BCUT2D eigenvalue weighted by molar-refractivity contribution is -0.137. The first-order valence-electron chi connectivity index (χ1n) is 9.36. The molecule has 0 N–H and O–H groups in total. The van der Waals surface area contributed by atoms with Gasteiger partial charge in [0.25, 0.3) is 0 Å². The van der Waals surface area contributed by atoms with Crippen LogP contribution in [0.2, 0.25) is 0 Å². The Hall–Kier alpha value is -2.89. The van der Waals surface area contributed by atoms with E-state index in [4.69, 9.17) is 0 Å². The maximum absolute atomic E-state index is 14.5. The second kappa shape index (κ2) is 6.87. The van der Waals surface area contributed by atoms with Gasteiger partial charge in [0.15, 0.2) is 0 Å². The van der Waals surface area contributed by atoms with Gasteiger partial charge in [0.05, 0.1) is 5.56 Å². The average Bonchev–Trinajstić information content (AvgIpc) is 3.06. The molecule has 0 bridgehead atoms. The van der Waals surface area contributed by atoms with E-state index in [2.05, 4.69) is 0 Å². The number of hydrogen-bond donors (Lipinski definition) is 0. The largest absolute Gasteiger partial charge is 0.417 e. The van der Waals surface area contributed by atoms with Crippen molar-refractivity contribution in [1.82, 2.24) is 4.57 Å². The smallest absolute Gasteiger partial charge is 0.318 e. The van der Waals surface area contributed by atoms with Crippen LogP contribution in [0.5, 0.6) is 0 Å². The lowest BCUT2D eigenvalue weighted by Gasteiger charge is -2.19. The molecule has 29 heavy (non-hydrogen) atoms. The SMILES string of the molecule is C[C@@H]1CCc2c(-c3ccc(-c4ccc(=O)n(C)c4)cc3)c(C(F)(F)F)cc(F)c21. The second-order valence-electron chi connectivity index (χ2n) is 7.55. The van der Waals surface area contributed by atoms with Gasteiger partial charge in [-0.05, 0) is 64.3 Å². The molecular weight excluding hydrogens is 382 g/mol. The number of fused-ring (bicyclic) bond motifs is 1. The van der Waals surface area contributed by atoms with Crippen LogP contribution in [0.1, 0.15) is 36.0 Å². The minimum absolute atomic E-state index is 0.0743. The molecule has 0 amide bonds. The highest BCUT2D eigenvalue weighted by atomic mass is 19.4. The van der Waals surface area contributed by atoms with Crippen molar-refractivity contribution < 1.29 is 17.6 Å². The van der Waals surface area contributed by atoms with Crippen LogP contribution in [0.25, 0.3) is 22.3 Å². The van der Waals surface area contributed by atoms with E-state index >= 15 is 0 Å². The number of halogens is 4. The number of aryl methyl sites for hydroxylation is 1. The molecule has 0 aliphatic heterocycles. The summed E-state index contributed by atoms with van der Waals surface area (Å²) in [5.74, 6) is -0.876. The Labute approximate surface area is 165 Å².